The van der Waals surface area contributed by atoms with E-state index in [1.54, 1.807) is 7.11 Å². The Balaban J connectivity index is 2.31. The van der Waals surface area contributed by atoms with Gasteiger partial charge in [0.25, 0.3) is 0 Å². The maximum absolute atomic E-state index is 11.4. The summed E-state index contributed by atoms with van der Waals surface area (Å²) in [6.07, 6.45) is 2.70. The summed E-state index contributed by atoms with van der Waals surface area (Å²) in [6.45, 7) is 2.84. The molecule has 1 aliphatic rings. The van der Waals surface area contributed by atoms with E-state index in [1.165, 1.54) is 0 Å². The molecule has 3 nitrogen and oxygen atoms in total. The third-order valence-electron chi connectivity index (χ3n) is 2.31. The molecule has 3 heteroatoms. The minimum absolute atomic E-state index is 0.0508. The second-order valence-electron chi connectivity index (χ2n) is 3.27. The van der Waals surface area contributed by atoms with Gasteiger partial charge < -0.3 is 10.1 Å². The number of hydrogen-bond acceptors (Lipinski definition) is 3. The molecule has 0 aromatic carbocycles. The Bertz CT molecular complexity index is 159. The molecule has 12 heavy (non-hydrogen) atoms. The van der Waals surface area contributed by atoms with Crippen molar-refractivity contribution in [2.75, 3.05) is 13.7 Å². The van der Waals surface area contributed by atoms with Crippen molar-refractivity contribution in [2.24, 2.45) is 0 Å². The van der Waals surface area contributed by atoms with E-state index in [1.807, 2.05) is 6.92 Å². The first-order valence-corrected chi connectivity index (χ1v) is 4.56. The quantitative estimate of drug-likeness (QED) is 0.677. The highest BCUT2D eigenvalue weighted by Gasteiger charge is 2.28. The predicted octanol–water partition coefficient (Wildman–Crippen LogP) is 0.732. The van der Waals surface area contributed by atoms with Crippen LogP contribution in [0.25, 0.3) is 0 Å². The van der Waals surface area contributed by atoms with Crippen LogP contribution in [0.15, 0.2) is 0 Å². The number of carbonyl (C=O) groups excluding carboxylic acids is 1. The number of nitrogens with one attached hydrogen (secondary N) is 1. The summed E-state index contributed by atoms with van der Waals surface area (Å²) in [5.41, 5.74) is 0. The van der Waals surface area contributed by atoms with E-state index in [2.05, 4.69) is 5.32 Å². The summed E-state index contributed by atoms with van der Waals surface area (Å²) in [7, 11) is 1.69. The molecular weight excluding hydrogens is 154 g/mol. The van der Waals surface area contributed by atoms with Gasteiger partial charge in [0.2, 0.25) is 0 Å². The number of methoxy groups -OCH3 is 1. The van der Waals surface area contributed by atoms with Crippen molar-refractivity contribution in [3.63, 3.8) is 0 Å². The maximum Gasteiger partial charge on any atom is 0.149 e. The molecule has 1 aliphatic heterocycles. The van der Waals surface area contributed by atoms with Crippen LogP contribution in [0.2, 0.25) is 0 Å². The molecule has 0 radical (unpaired) electrons. The van der Waals surface area contributed by atoms with Gasteiger partial charge in [-0.25, -0.2) is 0 Å². The average Bonchev–Trinajstić information content (AvgIpc) is 2.52. The molecule has 1 rings (SSSR count). The third kappa shape index (κ3) is 2.29. The van der Waals surface area contributed by atoms with Gasteiger partial charge in [-0.15, -0.1) is 0 Å². The highest BCUT2D eigenvalue weighted by atomic mass is 16.5. The SMILES string of the molecule is CCCC(=O)C1CC(OC)CN1. The smallest absolute Gasteiger partial charge is 0.149 e. The Morgan fingerprint density at radius 3 is 2.92 bits per heavy atom. The van der Waals surface area contributed by atoms with E-state index >= 15 is 0 Å². The first-order valence-electron chi connectivity index (χ1n) is 4.56. The number of ether oxygens (including phenoxy) is 1. The van der Waals surface area contributed by atoms with Crippen LogP contribution >= 0.6 is 0 Å². The number of rotatable bonds is 4. The molecule has 0 amide bonds. The van der Waals surface area contributed by atoms with Crippen molar-refractivity contribution in [2.45, 2.75) is 38.3 Å². The highest BCUT2D eigenvalue weighted by molar-refractivity contribution is 5.84. The first kappa shape index (κ1) is 9.68. The fourth-order valence-corrected chi connectivity index (χ4v) is 1.55. The van der Waals surface area contributed by atoms with Crippen LogP contribution in [-0.2, 0) is 9.53 Å². The Kier molecular flexibility index (Phi) is 3.69. The van der Waals surface area contributed by atoms with Crippen molar-refractivity contribution < 1.29 is 9.53 Å². The zero-order valence-corrected chi connectivity index (χ0v) is 7.80. The lowest BCUT2D eigenvalue weighted by Crippen LogP contribution is -2.30. The van der Waals surface area contributed by atoms with E-state index in [9.17, 15) is 4.79 Å². The van der Waals surface area contributed by atoms with Crippen LogP contribution in [0.4, 0.5) is 0 Å². The van der Waals surface area contributed by atoms with Crippen LogP contribution in [0.5, 0.6) is 0 Å². The second-order valence-corrected chi connectivity index (χ2v) is 3.27. The van der Waals surface area contributed by atoms with E-state index in [-0.39, 0.29) is 12.1 Å². The molecule has 0 aliphatic carbocycles. The molecule has 0 bridgehead atoms. The van der Waals surface area contributed by atoms with Crippen molar-refractivity contribution in [1.82, 2.24) is 5.32 Å². The van der Waals surface area contributed by atoms with E-state index in [0.29, 0.717) is 12.2 Å². The minimum atomic E-state index is 0.0508. The van der Waals surface area contributed by atoms with Crippen molar-refractivity contribution in [3.05, 3.63) is 0 Å². The van der Waals surface area contributed by atoms with Gasteiger partial charge in [-0.05, 0) is 12.8 Å². The third-order valence-corrected chi connectivity index (χ3v) is 2.31. The molecule has 1 fully saturated rings. The highest BCUT2D eigenvalue weighted by Crippen LogP contribution is 2.11. The molecule has 1 N–H and O–H groups in total. The molecule has 70 valence electrons. The summed E-state index contributed by atoms with van der Waals surface area (Å²) in [6, 6.07) is 0.0508. The van der Waals surface area contributed by atoms with Crippen LogP contribution < -0.4 is 5.32 Å². The standard InChI is InChI=1S/C9H17NO2/c1-3-4-9(11)8-5-7(12-2)6-10-8/h7-8,10H,3-6H2,1-2H3. The molecular formula is C9H17NO2. The average molecular weight is 171 g/mol. The monoisotopic (exact) mass is 171 g/mol. The summed E-state index contributed by atoms with van der Waals surface area (Å²) < 4.78 is 5.15. The van der Waals surface area contributed by atoms with Crippen LogP contribution in [0, 0.1) is 0 Å². The lowest BCUT2D eigenvalue weighted by molar-refractivity contribution is -0.120. The van der Waals surface area contributed by atoms with Gasteiger partial charge in [-0.2, -0.15) is 0 Å². The van der Waals surface area contributed by atoms with E-state index in [0.717, 1.165) is 19.4 Å². The Labute approximate surface area is 73.5 Å². The second kappa shape index (κ2) is 4.58. The van der Waals surface area contributed by atoms with E-state index in [4.69, 9.17) is 4.74 Å². The summed E-state index contributed by atoms with van der Waals surface area (Å²) in [5, 5.41) is 3.17. The molecule has 0 aromatic heterocycles. The van der Waals surface area contributed by atoms with Crippen molar-refractivity contribution in [1.29, 1.82) is 0 Å². The molecule has 1 heterocycles. The molecule has 0 spiro atoms. The Morgan fingerprint density at radius 2 is 2.42 bits per heavy atom. The predicted molar refractivity (Wildman–Crippen MR) is 47.1 cm³/mol. The zero-order chi connectivity index (χ0) is 8.97. The number of Topliss-reactive ketones (excluding diaryl/α,β-unsaturated/α-hetero) is 1. The van der Waals surface area contributed by atoms with Gasteiger partial charge in [0.1, 0.15) is 5.78 Å². The zero-order valence-electron chi connectivity index (χ0n) is 7.80. The Hall–Kier alpha value is -0.410. The largest absolute Gasteiger partial charge is 0.380 e. The van der Waals surface area contributed by atoms with Gasteiger partial charge >= 0.3 is 0 Å². The van der Waals surface area contributed by atoms with E-state index < -0.39 is 0 Å². The molecule has 2 unspecified atom stereocenters. The summed E-state index contributed by atoms with van der Waals surface area (Å²) in [5.74, 6) is 0.331. The first-order chi connectivity index (χ1) is 5.77. The normalized spacial score (nSPS) is 29.2. The fraction of sp³-hybridized carbons (Fsp3) is 0.889. The van der Waals surface area contributed by atoms with Crippen molar-refractivity contribution in [3.8, 4) is 0 Å². The minimum Gasteiger partial charge on any atom is -0.380 e. The lowest BCUT2D eigenvalue weighted by Gasteiger charge is -2.07. The molecule has 1 saturated heterocycles. The van der Waals surface area contributed by atoms with Crippen LogP contribution in [0.3, 0.4) is 0 Å². The molecule has 0 aromatic rings. The van der Waals surface area contributed by atoms with Crippen molar-refractivity contribution >= 4 is 5.78 Å². The van der Waals surface area contributed by atoms with Gasteiger partial charge in [0.15, 0.2) is 0 Å². The number of hydrogen-bond donors (Lipinski definition) is 1. The molecule has 2 atom stereocenters. The number of carbonyl (C=O) groups is 1. The Morgan fingerprint density at radius 1 is 1.67 bits per heavy atom. The van der Waals surface area contributed by atoms with Gasteiger partial charge in [-0.1, -0.05) is 6.92 Å². The topological polar surface area (TPSA) is 38.3 Å². The maximum atomic E-state index is 11.4. The lowest BCUT2D eigenvalue weighted by atomic mass is 10.1. The summed E-state index contributed by atoms with van der Waals surface area (Å²) in [4.78, 5) is 11.4. The number of ketones is 1. The molecule has 0 saturated carbocycles. The van der Waals surface area contributed by atoms with Crippen LogP contribution in [0.1, 0.15) is 26.2 Å². The van der Waals surface area contributed by atoms with Crippen LogP contribution in [-0.4, -0.2) is 31.6 Å². The van der Waals surface area contributed by atoms with Gasteiger partial charge in [-0.3, -0.25) is 4.79 Å². The summed E-state index contributed by atoms with van der Waals surface area (Å²) >= 11 is 0. The van der Waals surface area contributed by atoms with Gasteiger partial charge in [0.05, 0.1) is 12.1 Å². The fourth-order valence-electron chi connectivity index (χ4n) is 1.55. The van der Waals surface area contributed by atoms with Gasteiger partial charge in [0, 0.05) is 20.1 Å².